The van der Waals surface area contributed by atoms with Crippen LogP contribution in [0.3, 0.4) is 0 Å². The van der Waals surface area contributed by atoms with Crippen LogP contribution in [0, 0.1) is 13.8 Å². The number of amides is 1. The molecule has 2 unspecified atom stereocenters. The van der Waals surface area contributed by atoms with Crippen LogP contribution in [-0.4, -0.2) is 28.4 Å². The van der Waals surface area contributed by atoms with Crippen molar-refractivity contribution >= 4 is 28.4 Å². The first-order chi connectivity index (χ1) is 12.3. The number of hydrogen-bond donors (Lipinski definition) is 1. The lowest BCUT2D eigenvalue weighted by Crippen LogP contribution is -2.30. The Morgan fingerprint density at radius 2 is 1.88 bits per heavy atom. The molecular formula is C20H23NO4S. The molecule has 0 heterocycles. The molecule has 0 aliphatic heterocycles. The second kappa shape index (κ2) is 8.76. The summed E-state index contributed by atoms with van der Waals surface area (Å²) in [5.41, 5.74) is 3.78. The molecule has 0 bridgehead atoms. The minimum atomic E-state index is -0.999. The molecule has 26 heavy (non-hydrogen) atoms. The Balaban J connectivity index is 2.03. The van der Waals surface area contributed by atoms with Gasteiger partial charge >= 0.3 is 5.97 Å². The monoisotopic (exact) mass is 373 g/mol. The fraction of sp³-hybridized carbons (Fsp3) is 0.300. The van der Waals surface area contributed by atoms with Crippen LogP contribution < -0.4 is 5.32 Å². The molecule has 138 valence electrons. The molecule has 2 aromatic rings. The van der Waals surface area contributed by atoms with Crippen molar-refractivity contribution in [1.82, 2.24) is 0 Å². The lowest BCUT2D eigenvalue weighted by atomic mass is 10.1. The minimum absolute atomic E-state index is 0.333. The Kier molecular flexibility index (Phi) is 6.69. The summed E-state index contributed by atoms with van der Waals surface area (Å²) in [5, 5.41) is 2.79. The Morgan fingerprint density at radius 1 is 1.15 bits per heavy atom. The van der Waals surface area contributed by atoms with E-state index in [9.17, 15) is 13.8 Å². The highest BCUT2D eigenvalue weighted by molar-refractivity contribution is 7.83. The van der Waals surface area contributed by atoms with Crippen molar-refractivity contribution < 1.29 is 18.5 Å². The molecule has 0 radical (unpaired) electrons. The van der Waals surface area contributed by atoms with Crippen LogP contribution in [0.5, 0.6) is 0 Å². The second-order valence-electron chi connectivity index (χ2n) is 6.27. The molecule has 0 aliphatic carbocycles. The Morgan fingerprint density at radius 3 is 2.58 bits per heavy atom. The summed E-state index contributed by atoms with van der Waals surface area (Å²) in [6, 6.07) is 12.5. The Labute approximate surface area is 156 Å². The van der Waals surface area contributed by atoms with Crippen LogP contribution in [0.1, 0.15) is 34.0 Å². The summed E-state index contributed by atoms with van der Waals surface area (Å²) in [4.78, 5) is 24.6. The lowest BCUT2D eigenvalue weighted by molar-refractivity contribution is -0.123. The normalized spacial score (nSPS) is 12.9. The van der Waals surface area contributed by atoms with Crippen molar-refractivity contribution in [2.75, 3.05) is 11.6 Å². The van der Waals surface area contributed by atoms with E-state index >= 15 is 0 Å². The van der Waals surface area contributed by atoms with Gasteiger partial charge in [-0.05, 0) is 55.7 Å². The summed E-state index contributed by atoms with van der Waals surface area (Å²) in [6.07, 6.45) is 0.663. The average Bonchev–Trinajstić information content (AvgIpc) is 2.57. The molecule has 6 heteroatoms. The Bertz CT molecular complexity index is 847. The van der Waals surface area contributed by atoms with E-state index in [1.54, 1.807) is 30.5 Å². The van der Waals surface area contributed by atoms with Crippen molar-refractivity contribution in [1.29, 1.82) is 0 Å². The number of ether oxygens (including phenoxy) is 1. The van der Waals surface area contributed by atoms with Gasteiger partial charge in [0.2, 0.25) is 0 Å². The molecule has 2 rings (SSSR count). The summed E-state index contributed by atoms with van der Waals surface area (Å²) < 4.78 is 16.6. The summed E-state index contributed by atoms with van der Waals surface area (Å²) in [6.45, 7) is 5.37. The van der Waals surface area contributed by atoms with Crippen LogP contribution in [0.4, 0.5) is 5.69 Å². The van der Waals surface area contributed by atoms with E-state index in [-0.39, 0.29) is 0 Å². The fourth-order valence-electron chi connectivity index (χ4n) is 2.41. The lowest BCUT2D eigenvalue weighted by Gasteiger charge is -2.15. The van der Waals surface area contributed by atoms with Crippen LogP contribution in [0.15, 0.2) is 42.5 Å². The summed E-state index contributed by atoms with van der Waals surface area (Å²) >= 11 is 0. The number of aryl methyl sites for hydroxylation is 2. The van der Waals surface area contributed by atoms with Crippen LogP contribution >= 0.6 is 0 Å². The van der Waals surface area contributed by atoms with E-state index in [4.69, 9.17) is 4.74 Å². The van der Waals surface area contributed by atoms with Gasteiger partial charge in [0, 0.05) is 28.5 Å². The van der Waals surface area contributed by atoms with Crippen molar-refractivity contribution in [2.45, 2.75) is 32.6 Å². The van der Waals surface area contributed by atoms with Crippen LogP contribution in [0.2, 0.25) is 0 Å². The van der Waals surface area contributed by atoms with Gasteiger partial charge in [-0.2, -0.15) is 0 Å². The standard InChI is InChI=1S/C20H23NO4S/c1-13-8-9-14(2)18(10-13)21-19(22)15(3)25-20(23)17-7-5-6-16(11-17)12-26(4)24/h5-11,15H,12H2,1-4H3,(H,21,22). The fourth-order valence-corrected chi connectivity index (χ4v) is 3.06. The van der Waals surface area contributed by atoms with E-state index in [0.717, 1.165) is 16.7 Å². The van der Waals surface area contributed by atoms with E-state index in [1.165, 1.54) is 6.92 Å². The average molecular weight is 373 g/mol. The van der Waals surface area contributed by atoms with Crippen molar-refractivity contribution in [3.05, 3.63) is 64.7 Å². The van der Waals surface area contributed by atoms with Gasteiger partial charge < -0.3 is 10.1 Å². The van der Waals surface area contributed by atoms with E-state index in [0.29, 0.717) is 17.0 Å². The summed E-state index contributed by atoms with van der Waals surface area (Å²) in [7, 11) is -0.999. The van der Waals surface area contributed by atoms with Gasteiger partial charge in [0.25, 0.3) is 5.91 Å². The largest absolute Gasteiger partial charge is 0.449 e. The van der Waals surface area contributed by atoms with Gasteiger partial charge in [-0.15, -0.1) is 0 Å². The number of rotatable bonds is 6. The van der Waals surface area contributed by atoms with Gasteiger partial charge in [-0.1, -0.05) is 24.3 Å². The van der Waals surface area contributed by atoms with Gasteiger partial charge in [-0.25, -0.2) is 4.79 Å². The maximum atomic E-state index is 12.3. The highest BCUT2D eigenvalue weighted by atomic mass is 32.2. The number of carbonyl (C=O) groups excluding carboxylic acids is 2. The van der Waals surface area contributed by atoms with E-state index in [1.807, 2.05) is 32.0 Å². The number of nitrogens with one attached hydrogen (secondary N) is 1. The third kappa shape index (κ3) is 5.52. The molecular weight excluding hydrogens is 350 g/mol. The third-order valence-electron chi connectivity index (χ3n) is 3.84. The van der Waals surface area contributed by atoms with Gasteiger partial charge in [0.15, 0.2) is 6.10 Å². The highest BCUT2D eigenvalue weighted by Crippen LogP contribution is 2.17. The molecule has 2 aromatic carbocycles. The second-order valence-corrected chi connectivity index (χ2v) is 7.71. The topological polar surface area (TPSA) is 72.5 Å². The minimum Gasteiger partial charge on any atom is -0.449 e. The molecule has 5 nitrogen and oxygen atoms in total. The molecule has 1 N–H and O–H groups in total. The van der Waals surface area contributed by atoms with E-state index < -0.39 is 28.8 Å². The molecule has 0 fully saturated rings. The molecule has 0 saturated heterocycles. The number of esters is 1. The zero-order valence-electron chi connectivity index (χ0n) is 15.4. The number of anilines is 1. The molecule has 2 atom stereocenters. The first-order valence-corrected chi connectivity index (χ1v) is 9.97. The predicted molar refractivity (Wildman–Crippen MR) is 104 cm³/mol. The maximum Gasteiger partial charge on any atom is 0.338 e. The number of benzene rings is 2. The van der Waals surface area contributed by atoms with Crippen LogP contribution in [-0.2, 0) is 26.1 Å². The van der Waals surface area contributed by atoms with Crippen LogP contribution in [0.25, 0.3) is 0 Å². The molecule has 0 spiro atoms. The van der Waals surface area contributed by atoms with E-state index in [2.05, 4.69) is 5.32 Å². The Hall–Kier alpha value is -2.47. The van der Waals surface area contributed by atoms with Gasteiger partial charge in [-0.3, -0.25) is 9.00 Å². The molecule has 0 aromatic heterocycles. The molecule has 0 aliphatic rings. The highest BCUT2D eigenvalue weighted by Gasteiger charge is 2.20. The first-order valence-electron chi connectivity index (χ1n) is 8.24. The van der Waals surface area contributed by atoms with Crippen molar-refractivity contribution in [2.24, 2.45) is 0 Å². The number of hydrogen-bond acceptors (Lipinski definition) is 4. The quantitative estimate of drug-likeness (QED) is 0.788. The van der Waals surface area contributed by atoms with Crippen molar-refractivity contribution in [3.8, 4) is 0 Å². The maximum absolute atomic E-state index is 12.3. The number of carbonyl (C=O) groups is 2. The molecule has 0 saturated carbocycles. The molecule has 1 amide bonds. The predicted octanol–water partition coefficient (Wildman–Crippen LogP) is 3.37. The third-order valence-corrected chi connectivity index (χ3v) is 4.58. The zero-order chi connectivity index (χ0) is 19.3. The SMILES string of the molecule is Cc1ccc(C)c(NC(=O)C(C)OC(=O)c2cccc(CS(C)=O)c2)c1. The zero-order valence-corrected chi connectivity index (χ0v) is 16.2. The summed E-state index contributed by atoms with van der Waals surface area (Å²) in [5.74, 6) is -0.612. The van der Waals surface area contributed by atoms with Crippen molar-refractivity contribution in [3.63, 3.8) is 0 Å². The smallest absolute Gasteiger partial charge is 0.338 e. The first kappa shape index (κ1) is 19.8. The van der Waals surface area contributed by atoms with Gasteiger partial charge in [0.1, 0.15) is 0 Å². The van der Waals surface area contributed by atoms with Gasteiger partial charge in [0.05, 0.1) is 5.56 Å².